The monoisotopic (exact) mass is 423 g/mol. The van der Waals surface area contributed by atoms with Crippen LogP contribution in [0.15, 0.2) is 71.9 Å². The molecule has 1 atom stereocenters. The summed E-state index contributed by atoms with van der Waals surface area (Å²) in [6, 6.07) is 18.3. The molecule has 0 spiro atoms. The summed E-state index contributed by atoms with van der Waals surface area (Å²) in [5.74, 6) is 0. The van der Waals surface area contributed by atoms with Crippen LogP contribution in [0.1, 0.15) is 33.3 Å². The van der Waals surface area contributed by atoms with E-state index in [0.29, 0.717) is 13.1 Å². The van der Waals surface area contributed by atoms with E-state index >= 15 is 0 Å². The molecule has 0 saturated carbocycles. The Hall–Kier alpha value is -2.57. The molecule has 2 aromatic carbocycles. The molecule has 3 rings (SSSR count). The summed E-state index contributed by atoms with van der Waals surface area (Å²) in [5, 5.41) is 2.28. The van der Waals surface area contributed by atoms with Gasteiger partial charge in [0.1, 0.15) is 5.60 Å². The first-order valence-corrected chi connectivity index (χ1v) is 10.9. The Morgan fingerprint density at radius 1 is 1.13 bits per heavy atom. The quantitative estimate of drug-likeness (QED) is 0.497. The zero-order valence-corrected chi connectivity index (χ0v) is 18.8. The molecule has 158 valence electrons. The predicted molar refractivity (Wildman–Crippen MR) is 123 cm³/mol. The zero-order valence-electron chi connectivity index (χ0n) is 18.0. The smallest absolute Gasteiger partial charge is 0.410 e. The lowest BCUT2D eigenvalue weighted by molar-refractivity contribution is 0.0222. The summed E-state index contributed by atoms with van der Waals surface area (Å²) >= 11 is 1.57. The molecule has 1 amide bonds. The van der Waals surface area contributed by atoms with E-state index < -0.39 is 5.60 Å². The molecule has 1 heterocycles. The molecule has 3 aromatic rings. The van der Waals surface area contributed by atoms with Crippen molar-refractivity contribution in [2.24, 2.45) is 0 Å². The summed E-state index contributed by atoms with van der Waals surface area (Å²) < 4.78 is 9.08. The minimum Gasteiger partial charge on any atom is -0.444 e. The van der Waals surface area contributed by atoms with Crippen LogP contribution >= 0.6 is 11.9 Å². The molecule has 0 bridgehead atoms. The summed E-state index contributed by atoms with van der Waals surface area (Å²) in [5.41, 5.74) is 0.545. The highest BCUT2D eigenvalue weighted by atomic mass is 32.2. The molecule has 0 saturated heterocycles. The maximum Gasteiger partial charge on any atom is 0.410 e. The zero-order chi connectivity index (χ0) is 21.6. The number of aromatic nitrogens is 1. The van der Waals surface area contributed by atoms with Crippen LogP contribution in [0.25, 0.3) is 10.8 Å². The first-order valence-electron chi connectivity index (χ1n) is 10.1. The van der Waals surface area contributed by atoms with Crippen LogP contribution in [0.4, 0.5) is 4.79 Å². The van der Waals surface area contributed by atoms with Gasteiger partial charge in [-0.25, -0.2) is 4.79 Å². The Labute approximate surface area is 183 Å². The van der Waals surface area contributed by atoms with Crippen LogP contribution in [-0.2, 0) is 11.3 Å². The normalized spacial score (nSPS) is 12.5. The van der Waals surface area contributed by atoms with Gasteiger partial charge in [0.05, 0.1) is 0 Å². The highest BCUT2D eigenvalue weighted by Crippen LogP contribution is 2.22. The average molecular weight is 424 g/mol. The molecule has 30 heavy (non-hydrogen) atoms. The maximum absolute atomic E-state index is 12.8. The SMILES string of the molecule is C[C@H](CN(Cc1ccccc1)C(=O)OC(C)(C)C)NSc1ccc2cnccc2c1. The number of hydrogen-bond donors (Lipinski definition) is 1. The van der Waals surface area contributed by atoms with E-state index in [-0.39, 0.29) is 12.1 Å². The van der Waals surface area contributed by atoms with Gasteiger partial charge in [-0.15, -0.1) is 0 Å². The lowest BCUT2D eigenvalue weighted by Gasteiger charge is -2.29. The van der Waals surface area contributed by atoms with Crippen molar-refractivity contribution in [2.75, 3.05) is 6.54 Å². The van der Waals surface area contributed by atoms with E-state index in [0.717, 1.165) is 21.2 Å². The Morgan fingerprint density at radius 3 is 2.63 bits per heavy atom. The van der Waals surface area contributed by atoms with Crippen molar-refractivity contribution in [1.29, 1.82) is 0 Å². The first-order chi connectivity index (χ1) is 14.3. The number of hydrogen-bond acceptors (Lipinski definition) is 5. The molecule has 6 heteroatoms. The van der Waals surface area contributed by atoms with E-state index in [4.69, 9.17) is 4.74 Å². The molecule has 0 unspecified atom stereocenters. The van der Waals surface area contributed by atoms with Crippen LogP contribution in [0, 0.1) is 0 Å². The number of amides is 1. The van der Waals surface area contributed by atoms with Gasteiger partial charge in [0.15, 0.2) is 0 Å². The van der Waals surface area contributed by atoms with Gasteiger partial charge in [0, 0.05) is 41.8 Å². The van der Waals surface area contributed by atoms with Gasteiger partial charge >= 0.3 is 6.09 Å². The van der Waals surface area contributed by atoms with Gasteiger partial charge in [-0.05, 0) is 68.8 Å². The minimum atomic E-state index is -0.530. The number of benzene rings is 2. The number of nitrogens with zero attached hydrogens (tertiary/aromatic N) is 2. The summed E-state index contributed by atoms with van der Waals surface area (Å²) in [4.78, 5) is 19.8. The van der Waals surface area contributed by atoms with Crippen molar-refractivity contribution in [1.82, 2.24) is 14.6 Å². The highest BCUT2D eigenvalue weighted by molar-refractivity contribution is 7.97. The summed E-state index contributed by atoms with van der Waals surface area (Å²) in [6.45, 7) is 8.78. The second-order valence-corrected chi connectivity index (χ2v) is 9.26. The number of pyridine rings is 1. The maximum atomic E-state index is 12.8. The van der Waals surface area contributed by atoms with Crippen LogP contribution in [0.3, 0.4) is 0 Å². The fraction of sp³-hybridized carbons (Fsp3) is 0.333. The topological polar surface area (TPSA) is 54.5 Å². The van der Waals surface area contributed by atoms with E-state index in [1.165, 1.54) is 0 Å². The Morgan fingerprint density at radius 2 is 1.90 bits per heavy atom. The second-order valence-electron chi connectivity index (χ2n) is 8.35. The van der Waals surface area contributed by atoms with E-state index in [2.05, 4.69) is 34.8 Å². The van der Waals surface area contributed by atoms with Gasteiger partial charge in [0.25, 0.3) is 0 Å². The van der Waals surface area contributed by atoms with E-state index in [9.17, 15) is 4.79 Å². The van der Waals surface area contributed by atoms with Crippen molar-refractivity contribution in [3.05, 3.63) is 72.6 Å². The number of fused-ring (bicyclic) bond motifs is 1. The van der Waals surface area contributed by atoms with Gasteiger partial charge in [0.2, 0.25) is 0 Å². The standard InChI is InChI=1S/C24H29N3O2S/c1-18(26-30-22-11-10-21-15-25-13-12-20(21)14-22)16-27(23(28)29-24(2,3)4)17-19-8-6-5-7-9-19/h5-15,18,26H,16-17H2,1-4H3/t18-/m1/s1. The van der Waals surface area contributed by atoms with Crippen LogP contribution in [0.5, 0.6) is 0 Å². The fourth-order valence-electron chi connectivity index (χ4n) is 3.00. The fourth-order valence-corrected chi connectivity index (χ4v) is 3.73. The Kier molecular flexibility index (Phi) is 7.34. The minimum absolute atomic E-state index is 0.0689. The second kappa shape index (κ2) is 9.96. The van der Waals surface area contributed by atoms with Crippen molar-refractivity contribution in [3.8, 4) is 0 Å². The molecule has 1 N–H and O–H groups in total. The number of nitrogens with one attached hydrogen (secondary N) is 1. The third-order valence-corrected chi connectivity index (χ3v) is 5.36. The van der Waals surface area contributed by atoms with Crippen molar-refractivity contribution in [3.63, 3.8) is 0 Å². The third kappa shape index (κ3) is 6.75. The number of carbonyl (C=O) groups is 1. The number of ether oxygens (including phenoxy) is 1. The lowest BCUT2D eigenvalue weighted by Crippen LogP contribution is -2.42. The lowest BCUT2D eigenvalue weighted by atomic mass is 10.2. The first kappa shape index (κ1) is 22.1. The van der Waals surface area contributed by atoms with Crippen LogP contribution < -0.4 is 4.72 Å². The Bertz CT molecular complexity index is 973. The molecule has 0 aliphatic heterocycles. The molecule has 0 aliphatic carbocycles. The molecular formula is C24H29N3O2S. The third-order valence-electron chi connectivity index (χ3n) is 4.35. The van der Waals surface area contributed by atoms with Crippen molar-refractivity contribution in [2.45, 2.75) is 50.8 Å². The predicted octanol–water partition coefficient (Wildman–Crippen LogP) is 5.66. The van der Waals surface area contributed by atoms with Crippen molar-refractivity contribution < 1.29 is 9.53 Å². The van der Waals surface area contributed by atoms with Crippen LogP contribution in [0.2, 0.25) is 0 Å². The highest BCUT2D eigenvalue weighted by Gasteiger charge is 2.23. The summed E-state index contributed by atoms with van der Waals surface area (Å²) in [6.07, 6.45) is 3.36. The van der Waals surface area contributed by atoms with Gasteiger partial charge in [-0.3, -0.25) is 9.71 Å². The number of rotatable bonds is 7. The molecule has 5 nitrogen and oxygen atoms in total. The number of carbonyl (C=O) groups excluding carboxylic acids is 1. The Balaban J connectivity index is 1.63. The average Bonchev–Trinajstić information content (AvgIpc) is 2.71. The van der Waals surface area contributed by atoms with Gasteiger partial charge < -0.3 is 9.64 Å². The van der Waals surface area contributed by atoms with Gasteiger partial charge in [-0.2, -0.15) is 0 Å². The molecule has 0 radical (unpaired) electrons. The van der Waals surface area contributed by atoms with E-state index in [1.807, 2.05) is 63.4 Å². The molecule has 1 aromatic heterocycles. The van der Waals surface area contributed by atoms with Crippen LogP contribution in [-0.4, -0.2) is 34.2 Å². The van der Waals surface area contributed by atoms with E-state index in [1.54, 1.807) is 23.0 Å². The summed E-state index contributed by atoms with van der Waals surface area (Å²) in [7, 11) is 0. The van der Waals surface area contributed by atoms with Gasteiger partial charge in [-0.1, -0.05) is 36.4 Å². The molecule has 0 fully saturated rings. The molecular weight excluding hydrogens is 394 g/mol. The largest absolute Gasteiger partial charge is 0.444 e. The van der Waals surface area contributed by atoms with Crippen molar-refractivity contribution >= 4 is 28.8 Å². The molecule has 0 aliphatic rings.